The molecule has 2 aliphatic rings. The summed E-state index contributed by atoms with van der Waals surface area (Å²) in [6, 6.07) is 6.00. The van der Waals surface area contributed by atoms with Crippen molar-refractivity contribution in [3.8, 4) is 0 Å². The first kappa shape index (κ1) is 21.7. The van der Waals surface area contributed by atoms with Crippen molar-refractivity contribution >= 4 is 34.8 Å². The fourth-order valence-corrected chi connectivity index (χ4v) is 4.51. The van der Waals surface area contributed by atoms with Crippen LogP contribution < -0.4 is 10.0 Å². The molecule has 1 aromatic rings. The van der Waals surface area contributed by atoms with Gasteiger partial charge in [-0.25, -0.2) is 13.1 Å². The quantitative estimate of drug-likeness (QED) is 0.799. The second-order valence-corrected chi connectivity index (χ2v) is 8.09. The molecular weight excluding hydrogens is 369 g/mol. The molecular formula is C16H27Cl2N3O2S. The minimum Gasteiger partial charge on any atom is -0.312 e. The highest BCUT2D eigenvalue weighted by atomic mass is 35.5. The number of hydrogen-bond donors (Lipinski definition) is 2. The molecule has 0 unspecified atom stereocenters. The first-order chi connectivity index (χ1) is 10.6. The maximum atomic E-state index is 12.4. The highest BCUT2D eigenvalue weighted by Gasteiger charge is 2.22. The molecule has 1 atom stereocenters. The van der Waals surface area contributed by atoms with Crippen molar-refractivity contribution in [3.63, 3.8) is 0 Å². The van der Waals surface area contributed by atoms with Crippen LogP contribution in [-0.4, -0.2) is 46.0 Å². The predicted octanol–water partition coefficient (Wildman–Crippen LogP) is 1.94. The van der Waals surface area contributed by atoms with Gasteiger partial charge in [0.25, 0.3) is 0 Å². The van der Waals surface area contributed by atoms with Crippen molar-refractivity contribution in [1.82, 2.24) is 14.9 Å². The van der Waals surface area contributed by atoms with Crippen LogP contribution in [0.3, 0.4) is 0 Å². The molecule has 1 aromatic carbocycles. The summed E-state index contributed by atoms with van der Waals surface area (Å²) < 4.78 is 27.6. The molecule has 8 heteroatoms. The number of benzene rings is 1. The summed E-state index contributed by atoms with van der Waals surface area (Å²) in [5.74, 6) is 0. The standard InChI is InChI=1S/C16H25N3O2S.2ClH/c1-19-10-2-3-15(19)7-9-18-22(20,21)16-5-4-13-6-8-17-12-14(13)11-16;;/h4-5,11,15,17-18H,2-3,6-10,12H2,1H3;2*1H/t15-;;/m0../s1. The van der Waals surface area contributed by atoms with E-state index in [1.165, 1.54) is 18.4 Å². The summed E-state index contributed by atoms with van der Waals surface area (Å²) >= 11 is 0. The molecule has 0 radical (unpaired) electrons. The summed E-state index contributed by atoms with van der Waals surface area (Å²) in [5.41, 5.74) is 2.36. The predicted molar refractivity (Wildman–Crippen MR) is 102 cm³/mol. The average molecular weight is 396 g/mol. The average Bonchev–Trinajstić information content (AvgIpc) is 2.92. The smallest absolute Gasteiger partial charge is 0.240 e. The lowest BCUT2D eigenvalue weighted by molar-refractivity contribution is 0.297. The van der Waals surface area contributed by atoms with Gasteiger partial charge in [-0.15, -0.1) is 24.8 Å². The lowest BCUT2D eigenvalue weighted by Crippen LogP contribution is -2.32. The number of fused-ring (bicyclic) bond motifs is 1. The van der Waals surface area contributed by atoms with E-state index in [0.717, 1.165) is 38.0 Å². The highest BCUT2D eigenvalue weighted by molar-refractivity contribution is 7.89. The second kappa shape index (κ2) is 9.36. The van der Waals surface area contributed by atoms with Crippen LogP contribution in [0.15, 0.2) is 23.1 Å². The molecule has 0 bridgehead atoms. The molecule has 1 saturated heterocycles. The molecule has 0 spiro atoms. The Morgan fingerprint density at radius 1 is 1.29 bits per heavy atom. The lowest BCUT2D eigenvalue weighted by Gasteiger charge is -2.20. The van der Waals surface area contributed by atoms with Crippen LogP contribution in [-0.2, 0) is 23.0 Å². The Balaban J connectivity index is 0.00000144. The zero-order valence-corrected chi connectivity index (χ0v) is 16.4. The van der Waals surface area contributed by atoms with Crippen molar-refractivity contribution in [1.29, 1.82) is 0 Å². The molecule has 138 valence electrons. The highest BCUT2D eigenvalue weighted by Crippen LogP contribution is 2.20. The Kier molecular flexibility index (Phi) is 8.45. The van der Waals surface area contributed by atoms with Crippen LogP contribution in [0.5, 0.6) is 0 Å². The molecule has 0 aliphatic carbocycles. The van der Waals surface area contributed by atoms with Gasteiger partial charge in [-0.1, -0.05) is 6.07 Å². The summed E-state index contributed by atoms with van der Waals surface area (Å²) in [7, 11) is -1.29. The normalized spacial score (nSPS) is 20.8. The van der Waals surface area contributed by atoms with Gasteiger partial charge in [-0.3, -0.25) is 0 Å². The van der Waals surface area contributed by atoms with Gasteiger partial charge in [0.15, 0.2) is 0 Å². The van der Waals surface area contributed by atoms with Crippen LogP contribution in [0.2, 0.25) is 0 Å². The third-order valence-electron chi connectivity index (χ3n) is 4.82. The van der Waals surface area contributed by atoms with E-state index in [4.69, 9.17) is 0 Å². The molecule has 1 fully saturated rings. The topological polar surface area (TPSA) is 61.4 Å². The zero-order valence-electron chi connectivity index (χ0n) is 14.0. The van der Waals surface area contributed by atoms with Gasteiger partial charge in [-0.2, -0.15) is 0 Å². The Bertz CT molecular complexity index is 640. The molecule has 0 saturated carbocycles. The summed E-state index contributed by atoms with van der Waals surface area (Å²) in [4.78, 5) is 2.70. The minimum atomic E-state index is -3.40. The third kappa shape index (κ3) is 5.07. The molecule has 2 aliphatic heterocycles. The van der Waals surface area contributed by atoms with Crippen molar-refractivity contribution < 1.29 is 8.42 Å². The van der Waals surface area contributed by atoms with Gasteiger partial charge in [0.2, 0.25) is 10.0 Å². The van der Waals surface area contributed by atoms with E-state index in [9.17, 15) is 8.42 Å². The fraction of sp³-hybridized carbons (Fsp3) is 0.625. The van der Waals surface area contributed by atoms with E-state index < -0.39 is 10.0 Å². The Morgan fingerprint density at radius 3 is 2.79 bits per heavy atom. The van der Waals surface area contributed by atoms with Gasteiger partial charge in [-0.05, 0) is 69.1 Å². The number of likely N-dealkylation sites (tertiary alicyclic amines) is 1. The molecule has 0 amide bonds. The van der Waals surface area contributed by atoms with Crippen LogP contribution in [0.25, 0.3) is 0 Å². The number of nitrogens with one attached hydrogen (secondary N) is 2. The van der Waals surface area contributed by atoms with Crippen LogP contribution in [0, 0.1) is 0 Å². The van der Waals surface area contributed by atoms with E-state index in [-0.39, 0.29) is 24.8 Å². The molecule has 2 heterocycles. The number of rotatable bonds is 5. The summed E-state index contributed by atoms with van der Waals surface area (Å²) in [5, 5.41) is 3.28. The van der Waals surface area contributed by atoms with Crippen molar-refractivity contribution in [2.45, 2.75) is 43.2 Å². The van der Waals surface area contributed by atoms with Crippen molar-refractivity contribution in [2.24, 2.45) is 0 Å². The van der Waals surface area contributed by atoms with Gasteiger partial charge in [0.1, 0.15) is 0 Å². The zero-order chi connectivity index (χ0) is 15.6. The van der Waals surface area contributed by atoms with Gasteiger partial charge >= 0.3 is 0 Å². The molecule has 3 rings (SSSR count). The second-order valence-electron chi connectivity index (χ2n) is 6.32. The van der Waals surface area contributed by atoms with E-state index in [2.05, 4.69) is 22.0 Å². The molecule has 24 heavy (non-hydrogen) atoms. The minimum absolute atomic E-state index is 0. The third-order valence-corrected chi connectivity index (χ3v) is 6.27. The Labute approximate surface area is 157 Å². The maximum Gasteiger partial charge on any atom is 0.240 e. The van der Waals surface area contributed by atoms with E-state index in [1.54, 1.807) is 6.07 Å². The van der Waals surface area contributed by atoms with E-state index in [1.807, 2.05) is 12.1 Å². The molecule has 5 nitrogen and oxygen atoms in total. The van der Waals surface area contributed by atoms with Crippen LogP contribution >= 0.6 is 24.8 Å². The first-order valence-electron chi connectivity index (χ1n) is 8.09. The van der Waals surface area contributed by atoms with Crippen molar-refractivity contribution in [2.75, 3.05) is 26.7 Å². The van der Waals surface area contributed by atoms with Crippen LogP contribution in [0.4, 0.5) is 0 Å². The van der Waals surface area contributed by atoms with E-state index in [0.29, 0.717) is 17.5 Å². The number of hydrogen-bond acceptors (Lipinski definition) is 4. The molecule has 0 aromatic heterocycles. The first-order valence-corrected chi connectivity index (χ1v) is 9.57. The van der Waals surface area contributed by atoms with Gasteiger partial charge in [0, 0.05) is 19.1 Å². The summed E-state index contributed by atoms with van der Waals surface area (Å²) in [6.45, 7) is 3.35. The van der Waals surface area contributed by atoms with Crippen LogP contribution in [0.1, 0.15) is 30.4 Å². The summed E-state index contributed by atoms with van der Waals surface area (Å²) in [6.07, 6.45) is 4.23. The molecule has 2 N–H and O–H groups in total. The SMILES string of the molecule is CN1CCC[C@H]1CCNS(=O)(=O)c1ccc2c(c1)CNCC2.Cl.Cl. The van der Waals surface area contributed by atoms with Gasteiger partial charge in [0.05, 0.1) is 4.90 Å². The lowest BCUT2D eigenvalue weighted by atomic mass is 10.0. The van der Waals surface area contributed by atoms with Crippen molar-refractivity contribution in [3.05, 3.63) is 29.3 Å². The van der Waals surface area contributed by atoms with E-state index >= 15 is 0 Å². The number of nitrogens with zero attached hydrogens (tertiary/aromatic N) is 1. The Morgan fingerprint density at radius 2 is 2.08 bits per heavy atom. The number of halogens is 2. The maximum absolute atomic E-state index is 12.4. The Hall–Kier alpha value is -0.370. The van der Waals surface area contributed by atoms with Gasteiger partial charge < -0.3 is 10.2 Å². The monoisotopic (exact) mass is 395 g/mol. The fourth-order valence-electron chi connectivity index (χ4n) is 3.41. The number of sulfonamides is 1. The largest absolute Gasteiger partial charge is 0.312 e.